The van der Waals surface area contributed by atoms with Crippen LogP contribution in [-0.4, -0.2) is 24.6 Å². The highest BCUT2D eigenvalue weighted by molar-refractivity contribution is 7.98. The summed E-state index contributed by atoms with van der Waals surface area (Å²) in [5, 5.41) is 3.71. The molecule has 1 aliphatic carbocycles. The number of nitrogens with one attached hydrogen (secondary N) is 1. The fourth-order valence-electron chi connectivity index (χ4n) is 2.54. The van der Waals surface area contributed by atoms with Gasteiger partial charge in [0.15, 0.2) is 0 Å². The Bertz CT molecular complexity index is 133. The van der Waals surface area contributed by atoms with E-state index >= 15 is 0 Å². The van der Waals surface area contributed by atoms with Crippen molar-refractivity contribution in [2.75, 3.05) is 18.6 Å². The van der Waals surface area contributed by atoms with E-state index in [1.54, 1.807) is 0 Å². The fraction of sp³-hybridized carbons (Fsp3) is 1.00. The van der Waals surface area contributed by atoms with E-state index in [1.165, 1.54) is 57.2 Å². The van der Waals surface area contributed by atoms with Crippen LogP contribution in [0.25, 0.3) is 0 Å². The smallest absolute Gasteiger partial charge is 0.00697 e. The van der Waals surface area contributed by atoms with E-state index in [9.17, 15) is 0 Å². The lowest BCUT2D eigenvalue weighted by Crippen LogP contribution is -2.30. The lowest BCUT2D eigenvalue weighted by Gasteiger charge is -2.20. The van der Waals surface area contributed by atoms with Crippen molar-refractivity contribution >= 4 is 11.8 Å². The van der Waals surface area contributed by atoms with Crippen LogP contribution in [0.15, 0.2) is 0 Å². The Morgan fingerprint density at radius 2 is 2.07 bits per heavy atom. The molecule has 0 bridgehead atoms. The number of rotatable bonds is 6. The predicted molar refractivity (Wildman–Crippen MR) is 71.7 cm³/mol. The molecule has 0 aromatic carbocycles. The minimum atomic E-state index is 0.819. The molecule has 0 amide bonds. The van der Waals surface area contributed by atoms with Gasteiger partial charge in [0, 0.05) is 6.04 Å². The van der Waals surface area contributed by atoms with Crippen LogP contribution < -0.4 is 5.32 Å². The summed E-state index contributed by atoms with van der Waals surface area (Å²) in [6, 6.07) is 0.819. The van der Waals surface area contributed by atoms with Gasteiger partial charge in [-0.3, -0.25) is 0 Å². The van der Waals surface area contributed by atoms with Gasteiger partial charge in [0.25, 0.3) is 0 Å². The normalized spacial score (nSPS) is 27.6. The monoisotopic (exact) mass is 229 g/mol. The van der Waals surface area contributed by atoms with Crippen molar-refractivity contribution in [2.24, 2.45) is 5.92 Å². The fourth-order valence-corrected chi connectivity index (χ4v) is 3.11. The molecule has 90 valence electrons. The zero-order valence-electron chi connectivity index (χ0n) is 10.4. The molecule has 2 heteroatoms. The lowest BCUT2D eigenvalue weighted by molar-refractivity contribution is 0.380. The third kappa shape index (κ3) is 5.82. The first-order chi connectivity index (χ1) is 7.36. The van der Waals surface area contributed by atoms with Crippen LogP contribution >= 0.6 is 11.8 Å². The number of hydrogen-bond acceptors (Lipinski definition) is 2. The molecule has 0 heterocycles. The van der Waals surface area contributed by atoms with Gasteiger partial charge >= 0.3 is 0 Å². The van der Waals surface area contributed by atoms with Crippen molar-refractivity contribution in [3.05, 3.63) is 0 Å². The van der Waals surface area contributed by atoms with Gasteiger partial charge in [0.05, 0.1) is 0 Å². The lowest BCUT2D eigenvalue weighted by atomic mass is 9.95. The summed E-state index contributed by atoms with van der Waals surface area (Å²) in [6.45, 7) is 3.47. The number of hydrogen-bond donors (Lipinski definition) is 1. The van der Waals surface area contributed by atoms with E-state index in [-0.39, 0.29) is 0 Å². The second kappa shape index (κ2) is 8.46. The molecule has 0 spiro atoms. The van der Waals surface area contributed by atoms with Gasteiger partial charge in [0.1, 0.15) is 0 Å². The van der Waals surface area contributed by atoms with Crippen molar-refractivity contribution in [2.45, 2.75) is 57.9 Å². The van der Waals surface area contributed by atoms with E-state index < -0.39 is 0 Å². The van der Waals surface area contributed by atoms with E-state index in [1.807, 2.05) is 11.8 Å². The maximum Gasteiger partial charge on any atom is 0.00697 e. The molecule has 1 N–H and O–H groups in total. The summed E-state index contributed by atoms with van der Waals surface area (Å²) in [5.41, 5.74) is 0. The molecule has 0 radical (unpaired) electrons. The second-order valence-electron chi connectivity index (χ2n) is 4.82. The second-order valence-corrected chi connectivity index (χ2v) is 5.80. The first-order valence-corrected chi connectivity index (χ1v) is 7.98. The topological polar surface area (TPSA) is 12.0 Å². The average molecular weight is 229 g/mol. The van der Waals surface area contributed by atoms with Crippen LogP contribution in [0.3, 0.4) is 0 Å². The first-order valence-electron chi connectivity index (χ1n) is 6.59. The maximum absolute atomic E-state index is 3.71. The Balaban J connectivity index is 2.25. The Morgan fingerprint density at radius 1 is 1.27 bits per heavy atom. The van der Waals surface area contributed by atoms with E-state index in [2.05, 4.69) is 18.5 Å². The minimum absolute atomic E-state index is 0.819. The number of thioether (sulfide) groups is 1. The Kier molecular flexibility index (Phi) is 7.54. The molecule has 0 saturated heterocycles. The molecule has 1 fully saturated rings. The summed E-state index contributed by atoms with van der Waals surface area (Å²) in [5.74, 6) is 2.35. The maximum atomic E-state index is 3.71. The zero-order valence-corrected chi connectivity index (χ0v) is 11.2. The van der Waals surface area contributed by atoms with Gasteiger partial charge in [0.2, 0.25) is 0 Å². The summed E-state index contributed by atoms with van der Waals surface area (Å²) >= 11 is 2.00. The molecule has 1 aliphatic rings. The Labute approximate surface area is 99.8 Å². The summed E-state index contributed by atoms with van der Waals surface area (Å²) in [6.07, 6.45) is 12.2. The van der Waals surface area contributed by atoms with Crippen LogP contribution in [0.4, 0.5) is 0 Å². The quantitative estimate of drug-likeness (QED) is 0.697. The molecular weight excluding hydrogens is 202 g/mol. The van der Waals surface area contributed by atoms with Gasteiger partial charge in [-0.2, -0.15) is 11.8 Å². The van der Waals surface area contributed by atoms with Crippen molar-refractivity contribution in [3.63, 3.8) is 0 Å². The molecule has 1 rings (SSSR count). The van der Waals surface area contributed by atoms with Gasteiger partial charge < -0.3 is 5.32 Å². The Morgan fingerprint density at radius 3 is 2.80 bits per heavy atom. The summed E-state index contributed by atoms with van der Waals surface area (Å²) < 4.78 is 0. The van der Waals surface area contributed by atoms with Crippen molar-refractivity contribution < 1.29 is 0 Å². The highest BCUT2D eigenvalue weighted by Crippen LogP contribution is 2.26. The highest BCUT2D eigenvalue weighted by atomic mass is 32.2. The third-order valence-corrected chi connectivity index (χ3v) is 4.09. The average Bonchev–Trinajstić information content (AvgIpc) is 2.48. The molecule has 1 nitrogen and oxygen atoms in total. The largest absolute Gasteiger partial charge is 0.314 e. The third-order valence-electron chi connectivity index (χ3n) is 3.45. The van der Waals surface area contributed by atoms with Crippen LogP contribution in [-0.2, 0) is 0 Å². The van der Waals surface area contributed by atoms with Gasteiger partial charge in [-0.1, -0.05) is 26.2 Å². The zero-order chi connectivity index (χ0) is 10.9. The summed E-state index contributed by atoms with van der Waals surface area (Å²) in [7, 11) is 0. The highest BCUT2D eigenvalue weighted by Gasteiger charge is 2.18. The van der Waals surface area contributed by atoms with Crippen LogP contribution in [0.1, 0.15) is 51.9 Å². The summed E-state index contributed by atoms with van der Waals surface area (Å²) in [4.78, 5) is 0. The molecule has 2 atom stereocenters. The first kappa shape index (κ1) is 13.4. The van der Waals surface area contributed by atoms with E-state index in [0.717, 1.165) is 12.0 Å². The molecule has 1 saturated carbocycles. The molecular formula is C13H27NS. The SMILES string of the molecule is CCCNC1CCCCC(CCSC)C1. The standard InChI is InChI=1S/C13H27NS/c1-3-9-14-13-7-5-4-6-12(11-13)8-10-15-2/h12-14H,3-11H2,1-2H3. The van der Waals surface area contributed by atoms with Crippen molar-refractivity contribution in [1.82, 2.24) is 5.32 Å². The molecule has 15 heavy (non-hydrogen) atoms. The Hall–Kier alpha value is 0.310. The van der Waals surface area contributed by atoms with Crippen LogP contribution in [0, 0.1) is 5.92 Å². The van der Waals surface area contributed by atoms with Gasteiger partial charge in [-0.25, -0.2) is 0 Å². The molecule has 0 aromatic heterocycles. The molecule has 0 aromatic rings. The molecule has 0 aliphatic heterocycles. The predicted octanol–water partition coefficient (Wildman–Crippen LogP) is 3.69. The van der Waals surface area contributed by atoms with E-state index in [0.29, 0.717) is 0 Å². The van der Waals surface area contributed by atoms with Crippen molar-refractivity contribution in [3.8, 4) is 0 Å². The van der Waals surface area contributed by atoms with Gasteiger partial charge in [-0.15, -0.1) is 0 Å². The van der Waals surface area contributed by atoms with Crippen LogP contribution in [0.5, 0.6) is 0 Å². The minimum Gasteiger partial charge on any atom is -0.314 e. The van der Waals surface area contributed by atoms with Gasteiger partial charge in [-0.05, 0) is 50.2 Å². The van der Waals surface area contributed by atoms with Crippen molar-refractivity contribution in [1.29, 1.82) is 0 Å². The molecule has 2 unspecified atom stereocenters. The van der Waals surface area contributed by atoms with Crippen LogP contribution in [0.2, 0.25) is 0 Å². The van der Waals surface area contributed by atoms with E-state index in [4.69, 9.17) is 0 Å².